The van der Waals surface area contributed by atoms with Crippen molar-refractivity contribution < 1.29 is 27.9 Å². The van der Waals surface area contributed by atoms with Gasteiger partial charge in [0.15, 0.2) is 0 Å². The zero-order valence-corrected chi connectivity index (χ0v) is 12.2. The van der Waals surface area contributed by atoms with Gasteiger partial charge in [0.1, 0.15) is 5.75 Å². The molecule has 3 N–H and O–H groups in total. The third-order valence-corrected chi connectivity index (χ3v) is 3.04. The number of para-hydroxylation sites is 1. The van der Waals surface area contributed by atoms with E-state index in [0.29, 0.717) is 5.56 Å². The molecule has 0 aliphatic carbocycles. The number of carbonyl (C=O) groups is 2. The van der Waals surface area contributed by atoms with Gasteiger partial charge in [-0.15, -0.1) is 0 Å². The van der Waals surface area contributed by atoms with E-state index in [1.54, 1.807) is 23.5 Å². The summed E-state index contributed by atoms with van der Waals surface area (Å²) in [4.78, 5) is 22.8. The molecule has 0 bridgehead atoms. The largest absolute Gasteiger partial charge is 0.507 e. The Labute approximate surface area is 135 Å². The Morgan fingerprint density at radius 1 is 1.04 bits per heavy atom. The predicted octanol–water partition coefficient (Wildman–Crippen LogP) is 2.82. The number of alkyl halides is 3. The Balaban J connectivity index is 2.01. The van der Waals surface area contributed by atoms with E-state index in [9.17, 15) is 27.9 Å². The van der Waals surface area contributed by atoms with Gasteiger partial charge in [-0.1, -0.05) is 24.3 Å². The van der Waals surface area contributed by atoms with Crippen molar-refractivity contribution in [3.63, 3.8) is 0 Å². The summed E-state index contributed by atoms with van der Waals surface area (Å²) in [5.74, 6) is -2.78. The van der Waals surface area contributed by atoms with Gasteiger partial charge in [-0.3, -0.25) is 9.59 Å². The van der Waals surface area contributed by atoms with Gasteiger partial charge in [-0.25, -0.2) is 0 Å². The van der Waals surface area contributed by atoms with E-state index in [4.69, 9.17) is 0 Å². The lowest BCUT2D eigenvalue weighted by molar-refractivity contribution is -0.167. The van der Waals surface area contributed by atoms with Gasteiger partial charge in [0, 0.05) is 12.2 Å². The molecule has 24 heavy (non-hydrogen) atoms. The molecule has 0 radical (unpaired) electrons. The molecule has 0 aromatic heterocycles. The second-order valence-corrected chi connectivity index (χ2v) is 4.85. The topological polar surface area (TPSA) is 78.4 Å². The van der Waals surface area contributed by atoms with Crippen molar-refractivity contribution in [3.8, 4) is 5.75 Å². The van der Waals surface area contributed by atoms with Crippen LogP contribution in [-0.2, 0) is 11.3 Å². The summed E-state index contributed by atoms with van der Waals surface area (Å²) >= 11 is 0. The molecule has 0 heterocycles. The normalized spacial score (nSPS) is 11.0. The molecule has 0 aliphatic rings. The van der Waals surface area contributed by atoms with Crippen molar-refractivity contribution in [1.29, 1.82) is 0 Å². The van der Waals surface area contributed by atoms with Gasteiger partial charge in [0.25, 0.3) is 5.91 Å². The maximum absolute atomic E-state index is 12.2. The number of aromatic hydroxyl groups is 1. The zero-order chi connectivity index (χ0) is 17.7. The summed E-state index contributed by atoms with van der Waals surface area (Å²) in [5, 5.41) is 13.8. The molecule has 0 unspecified atom stereocenters. The fourth-order valence-corrected chi connectivity index (χ4v) is 1.90. The second-order valence-electron chi connectivity index (χ2n) is 4.85. The Morgan fingerprint density at radius 3 is 2.42 bits per heavy atom. The van der Waals surface area contributed by atoms with E-state index >= 15 is 0 Å². The smallest absolute Gasteiger partial charge is 0.471 e. The Bertz CT molecular complexity index is 760. The van der Waals surface area contributed by atoms with E-state index in [0.717, 1.165) is 0 Å². The molecule has 126 valence electrons. The Kier molecular flexibility index (Phi) is 5.08. The number of hydrogen-bond donors (Lipinski definition) is 3. The summed E-state index contributed by atoms with van der Waals surface area (Å²) in [6.45, 7) is 0.0168. The monoisotopic (exact) mass is 338 g/mol. The number of halogens is 3. The fraction of sp³-hybridized carbons (Fsp3) is 0.125. The average Bonchev–Trinajstić information content (AvgIpc) is 2.52. The van der Waals surface area contributed by atoms with Crippen LogP contribution in [-0.4, -0.2) is 23.1 Å². The minimum absolute atomic E-state index is 0.0168. The number of anilines is 1. The first-order valence-electron chi connectivity index (χ1n) is 6.80. The standard InChI is InChI=1S/C16H13F3N2O3/c17-16(18,19)15(24)21-11-5-3-4-10(8-11)9-20-14(23)12-6-1-2-7-13(12)22/h1-8,22H,9H2,(H,20,23)(H,21,24). The average molecular weight is 338 g/mol. The number of benzene rings is 2. The van der Waals surface area contributed by atoms with Crippen molar-refractivity contribution in [2.24, 2.45) is 0 Å². The number of carbonyl (C=O) groups excluding carboxylic acids is 2. The molecule has 8 heteroatoms. The van der Waals surface area contributed by atoms with Gasteiger partial charge < -0.3 is 15.7 Å². The highest BCUT2D eigenvalue weighted by molar-refractivity contribution is 5.97. The highest BCUT2D eigenvalue weighted by Crippen LogP contribution is 2.19. The van der Waals surface area contributed by atoms with Crippen LogP contribution in [0, 0.1) is 0 Å². The third-order valence-electron chi connectivity index (χ3n) is 3.04. The van der Waals surface area contributed by atoms with Crippen LogP contribution in [0.2, 0.25) is 0 Å². The van der Waals surface area contributed by atoms with Crippen molar-refractivity contribution >= 4 is 17.5 Å². The van der Waals surface area contributed by atoms with Gasteiger partial charge in [-0.05, 0) is 29.8 Å². The van der Waals surface area contributed by atoms with Crippen molar-refractivity contribution in [2.45, 2.75) is 12.7 Å². The first-order chi connectivity index (χ1) is 11.3. The molecule has 5 nitrogen and oxygen atoms in total. The number of hydrogen-bond acceptors (Lipinski definition) is 3. The summed E-state index contributed by atoms with van der Waals surface area (Å²) in [6.07, 6.45) is -4.98. The lowest BCUT2D eigenvalue weighted by Crippen LogP contribution is -2.30. The first kappa shape index (κ1) is 17.3. The molecule has 2 amide bonds. The van der Waals surface area contributed by atoms with E-state index < -0.39 is 18.0 Å². The number of phenolic OH excluding ortho intramolecular Hbond substituents is 1. The molecule has 0 atom stereocenters. The molecule has 2 rings (SSSR count). The maximum Gasteiger partial charge on any atom is 0.471 e. The summed E-state index contributed by atoms with van der Waals surface area (Å²) < 4.78 is 36.7. The highest BCUT2D eigenvalue weighted by atomic mass is 19.4. The number of amides is 2. The molecule has 0 aliphatic heterocycles. The van der Waals surface area contributed by atoms with E-state index in [2.05, 4.69) is 5.32 Å². The SMILES string of the molecule is O=C(NCc1cccc(NC(=O)C(F)(F)F)c1)c1ccccc1O. The molecular weight excluding hydrogens is 325 g/mol. The number of rotatable bonds is 4. The predicted molar refractivity (Wildman–Crippen MR) is 80.4 cm³/mol. The number of nitrogens with one attached hydrogen (secondary N) is 2. The summed E-state index contributed by atoms with van der Waals surface area (Å²) in [5.41, 5.74) is 0.532. The van der Waals surface area contributed by atoms with Crippen molar-refractivity contribution in [2.75, 3.05) is 5.32 Å². The lowest BCUT2D eigenvalue weighted by Gasteiger charge is -2.10. The second kappa shape index (κ2) is 7.03. The molecule has 2 aromatic carbocycles. The molecular formula is C16H13F3N2O3. The van der Waals surface area contributed by atoms with Crippen molar-refractivity contribution in [3.05, 3.63) is 59.7 Å². The molecule has 0 spiro atoms. The Hall–Kier alpha value is -3.03. The van der Waals surface area contributed by atoms with Crippen LogP contribution < -0.4 is 10.6 Å². The van der Waals surface area contributed by atoms with E-state index in [1.807, 2.05) is 0 Å². The molecule has 0 fully saturated rings. The minimum Gasteiger partial charge on any atom is -0.507 e. The molecule has 0 saturated carbocycles. The summed E-state index contributed by atoms with van der Waals surface area (Å²) in [7, 11) is 0. The first-order valence-corrected chi connectivity index (χ1v) is 6.80. The van der Waals surface area contributed by atoms with Crippen LogP contribution in [0.4, 0.5) is 18.9 Å². The number of phenols is 1. The van der Waals surface area contributed by atoms with Gasteiger partial charge in [-0.2, -0.15) is 13.2 Å². The van der Waals surface area contributed by atoms with Crippen LogP contribution in [0.1, 0.15) is 15.9 Å². The molecule has 0 saturated heterocycles. The quantitative estimate of drug-likeness (QED) is 0.802. The zero-order valence-electron chi connectivity index (χ0n) is 12.2. The lowest BCUT2D eigenvalue weighted by atomic mass is 10.1. The summed E-state index contributed by atoms with van der Waals surface area (Å²) in [6, 6.07) is 11.6. The van der Waals surface area contributed by atoms with E-state index in [-0.39, 0.29) is 23.5 Å². The molecule has 2 aromatic rings. The maximum atomic E-state index is 12.2. The van der Waals surface area contributed by atoms with Crippen LogP contribution in [0.15, 0.2) is 48.5 Å². The fourth-order valence-electron chi connectivity index (χ4n) is 1.90. The third kappa shape index (κ3) is 4.48. The minimum atomic E-state index is -4.98. The van der Waals surface area contributed by atoms with Crippen LogP contribution in [0.3, 0.4) is 0 Å². The van der Waals surface area contributed by atoms with Crippen LogP contribution in [0.25, 0.3) is 0 Å². The highest BCUT2D eigenvalue weighted by Gasteiger charge is 2.38. The Morgan fingerprint density at radius 2 is 1.75 bits per heavy atom. The van der Waals surface area contributed by atoms with Crippen LogP contribution in [0.5, 0.6) is 5.75 Å². The van der Waals surface area contributed by atoms with Gasteiger partial charge in [0.05, 0.1) is 5.56 Å². The van der Waals surface area contributed by atoms with Gasteiger partial charge >= 0.3 is 12.1 Å². The van der Waals surface area contributed by atoms with Gasteiger partial charge in [0.2, 0.25) is 0 Å². The van der Waals surface area contributed by atoms with Crippen LogP contribution >= 0.6 is 0 Å². The van der Waals surface area contributed by atoms with E-state index in [1.165, 1.54) is 30.3 Å². The van der Waals surface area contributed by atoms with Crippen molar-refractivity contribution in [1.82, 2.24) is 5.32 Å².